The van der Waals surface area contributed by atoms with E-state index in [1.54, 1.807) is 6.33 Å². The molecule has 0 unspecified atom stereocenters. The van der Waals surface area contributed by atoms with Gasteiger partial charge in [-0.2, -0.15) is 0 Å². The molecule has 2 N–H and O–H groups in total. The van der Waals surface area contributed by atoms with Gasteiger partial charge in [0, 0.05) is 31.5 Å². The number of rotatable bonds is 8. The molecule has 1 amide bonds. The van der Waals surface area contributed by atoms with Gasteiger partial charge in [-0.15, -0.1) is 10.2 Å². The van der Waals surface area contributed by atoms with Gasteiger partial charge in [0.05, 0.1) is 22.9 Å². The SMILES string of the molecule is CC1CC(c2cccc(NC(=O)c3cccn4c(CN[C@@H](C)C5CCCC5)cnc34)c2)(c2nncn2C)C1. The number of fused-ring (bicyclic) bond motifs is 1. The van der Waals surface area contributed by atoms with Gasteiger partial charge in [-0.1, -0.05) is 31.9 Å². The van der Waals surface area contributed by atoms with Crippen molar-refractivity contribution < 1.29 is 4.79 Å². The van der Waals surface area contributed by atoms with Gasteiger partial charge >= 0.3 is 0 Å². The van der Waals surface area contributed by atoms with Crippen LogP contribution in [0.25, 0.3) is 5.65 Å². The summed E-state index contributed by atoms with van der Waals surface area (Å²) in [6.45, 7) is 5.28. The molecule has 8 heteroatoms. The zero-order chi connectivity index (χ0) is 26.3. The molecule has 0 saturated heterocycles. The first-order valence-electron chi connectivity index (χ1n) is 13.9. The van der Waals surface area contributed by atoms with E-state index in [2.05, 4.69) is 51.8 Å². The summed E-state index contributed by atoms with van der Waals surface area (Å²) in [6, 6.07) is 12.4. The molecular formula is C30H37N7O. The fourth-order valence-corrected chi connectivity index (χ4v) is 6.75. The van der Waals surface area contributed by atoms with Gasteiger partial charge in [-0.25, -0.2) is 4.98 Å². The first-order valence-corrected chi connectivity index (χ1v) is 13.9. The molecule has 8 nitrogen and oxygen atoms in total. The molecule has 0 bridgehead atoms. The van der Waals surface area contributed by atoms with Crippen LogP contribution in [0.4, 0.5) is 5.69 Å². The van der Waals surface area contributed by atoms with E-state index in [1.165, 1.54) is 25.7 Å². The number of hydrogen-bond donors (Lipinski definition) is 2. The molecule has 2 aliphatic rings. The summed E-state index contributed by atoms with van der Waals surface area (Å²) in [7, 11) is 2.00. The lowest BCUT2D eigenvalue weighted by molar-refractivity contribution is 0.102. The summed E-state index contributed by atoms with van der Waals surface area (Å²) >= 11 is 0. The number of aryl methyl sites for hydroxylation is 1. The van der Waals surface area contributed by atoms with Crippen molar-refractivity contribution in [2.45, 2.75) is 70.4 Å². The molecule has 1 aromatic carbocycles. The van der Waals surface area contributed by atoms with Crippen LogP contribution in [0.2, 0.25) is 0 Å². The predicted octanol–water partition coefficient (Wildman–Crippen LogP) is 5.10. The van der Waals surface area contributed by atoms with Crippen molar-refractivity contribution in [1.29, 1.82) is 0 Å². The third kappa shape index (κ3) is 4.41. The van der Waals surface area contributed by atoms with Crippen molar-refractivity contribution in [3.05, 3.63) is 77.8 Å². The van der Waals surface area contributed by atoms with E-state index >= 15 is 0 Å². The number of hydrogen-bond acceptors (Lipinski definition) is 5. The lowest BCUT2D eigenvalue weighted by Crippen LogP contribution is -2.43. The van der Waals surface area contributed by atoms with E-state index in [4.69, 9.17) is 0 Å². The highest BCUT2D eigenvalue weighted by Gasteiger charge is 2.48. The van der Waals surface area contributed by atoms with Crippen LogP contribution < -0.4 is 10.6 Å². The lowest BCUT2D eigenvalue weighted by Gasteiger charge is -2.46. The molecular weight excluding hydrogens is 474 g/mol. The molecule has 3 aromatic heterocycles. The molecule has 0 spiro atoms. The van der Waals surface area contributed by atoms with Crippen LogP contribution in [0.3, 0.4) is 0 Å². The second-order valence-corrected chi connectivity index (χ2v) is 11.5. The molecule has 0 aliphatic heterocycles. The lowest BCUT2D eigenvalue weighted by atomic mass is 9.58. The van der Waals surface area contributed by atoms with Crippen LogP contribution in [0, 0.1) is 11.8 Å². The highest BCUT2D eigenvalue weighted by molar-refractivity contribution is 6.08. The maximum absolute atomic E-state index is 13.5. The van der Waals surface area contributed by atoms with Gasteiger partial charge in [0.1, 0.15) is 17.8 Å². The fourth-order valence-electron chi connectivity index (χ4n) is 6.75. The maximum atomic E-state index is 13.5. The van der Waals surface area contributed by atoms with E-state index in [1.807, 2.05) is 52.7 Å². The quantitative estimate of drug-likeness (QED) is 0.344. The standard InChI is InChI=1S/C30H37N7O/c1-20-15-30(16-20,29-35-33-19-36(29)3)23-10-6-11-24(14-23)34-28(38)26-12-7-13-37-25(18-32-27(26)37)17-31-21(2)22-8-4-5-9-22/h6-7,10-14,18-22,31H,4-5,8-9,15-17H2,1-3H3,(H,34,38)/t20?,21-,30?/m0/s1. The average molecular weight is 512 g/mol. The first-order chi connectivity index (χ1) is 18.4. The number of carbonyl (C=O) groups is 1. The Bertz CT molecular complexity index is 1440. The van der Waals surface area contributed by atoms with E-state index in [9.17, 15) is 4.79 Å². The Labute approximate surface area is 223 Å². The van der Waals surface area contributed by atoms with Gasteiger partial charge in [0.25, 0.3) is 5.91 Å². The molecule has 1 atom stereocenters. The Morgan fingerprint density at radius 1 is 1.18 bits per heavy atom. The van der Waals surface area contributed by atoms with Gasteiger partial charge in [0.2, 0.25) is 0 Å². The molecule has 38 heavy (non-hydrogen) atoms. The molecule has 0 radical (unpaired) electrons. The van der Waals surface area contributed by atoms with E-state index < -0.39 is 0 Å². The number of nitrogens with one attached hydrogen (secondary N) is 2. The summed E-state index contributed by atoms with van der Waals surface area (Å²) in [5, 5.41) is 15.4. The van der Waals surface area contributed by atoms with Crippen molar-refractivity contribution in [2.75, 3.05) is 5.32 Å². The minimum atomic E-state index is -0.175. The largest absolute Gasteiger partial charge is 0.322 e. The Balaban J connectivity index is 1.21. The number of anilines is 1. The summed E-state index contributed by atoms with van der Waals surface area (Å²) in [5.41, 5.74) is 4.06. The average Bonchev–Trinajstić information content (AvgIpc) is 3.67. The molecule has 198 valence electrons. The number of pyridine rings is 1. The minimum Gasteiger partial charge on any atom is -0.322 e. The summed E-state index contributed by atoms with van der Waals surface area (Å²) in [4.78, 5) is 18.1. The molecule has 6 rings (SSSR count). The Kier molecular flexibility index (Phi) is 6.51. The topological polar surface area (TPSA) is 89.1 Å². The second kappa shape index (κ2) is 9.98. The number of imidazole rings is 1. The zero-order valence-corrected chi connectivity index (χ0v) is 22.5. The normalized spacial score (nSPS) is 22.4. The van der Waals surface area contributed by atoms with Crippen LogP contribution in [0.15, 0.2) is 55.1 Å². The molecule has 2 aliphatic carbocycles. The van der Waals surface area contributed by atoms with Crippen LogP contribution in [0.1, 0.15) is 79.8 Å². The van der Waals surface area contributed by atoms with Gasteiger partial charge < -0.3 is 19.6 Å². The van der Waals surface area contributed by atoms with Crippen LogP contribution in [-0.4, -0.2) is 36.1 Å². The minimum absolute atomic E-state index is 0.160. The van der Waals surface area contributed by atoms with E-state index in [0.717, 1.165) is 48.1 Å². The van der Waals surface area contributed by atoms with Crippen molar-refractivity contribution in [1.82, 2.24) is 29.5 Å². The highest BCUT2D eigenvalue weighted by atomic mass is 16.1. The smallest absolute Gasteiger partial charge is 0.259 e. The summed E-state index contributed by atoms with van der Waals surface area (Å²) in [5.74, 6) is 2.19. The van der Waals surface area contributed by atoms with Gasteiger partial charge in [-0.05, 0) is 74.3 Å². The highest BCUT2D eigenvalue weighted by Crippen LogP contribution is 2.51. The number of benzene rings is 1. The van der Waals surface area contributed by atoms with Crippen LogP contribution >= 0.6 is 0 Å². The number of carbonyl (C=O) groups excluding carboxylic acids is 1. The molecule has 2 saturated carbocycles. The Morgan fingerprint density at radius 2 is 2.00 bits per heavy atom. The molecule has 2 fully saturated rings. The Hall–Kier alpha value is -3.52. The van der Waals surface area contributed by atoms with Gasteiger partial charge in [0.15, 0.2) is 0 Å². The fraction of sp³-hybridized carbons (Fsp3) is 0.467. The third-order valence-corrected chi connectivity index (χ3v) is 8.78. The van der Waals surface area contributed by atoms with E-state index in [-0.39, 0.29) is 11.3 Å². The first kappa shape index (κ1) is 24.8. The molecule has 4 aromatic rings. The third-order valence-electron chi connectivity index (χ3n) is 8.78. The zero-order valence-electron chi connectivity index (χ0n) is 22.5. The number of amides is 1. The second-order valence-electron chi connectivity index (χ2n) is 11.5. The monoisotopic (exact) mass is 511 g/mol. The van der Waals surface area contributed by atoms with Crippen molar-refractivity contribution in [3.8, 4) is 0 Å². The number of aromatic nitrogens is 5. The van der Waals surface area contributed by atoms with Crippen molar-refractivity contribution >= 4 is 17.2 Å². The van der Waals surface area contributed by atoms with E-state index in [0.29, 0.717) is 23.2 Å². The van der Waals surface area contributed by atoms with Crippen molar-refractivity contribution in [3.63, 3.8) is 0 Å². The summed E-state index contributed by atoms with van der Waals surface area (Å²) < 4.78 is 4.04. The van der Waals surface area contributed by atoms with Crippen LogP contribution in [0.5, 0.6) is 0 Å². The van der Waals surface area contributed by atoms with Crippen LogP contribution in [-0.2, 0) is 19.0 Å². The van der Waals surface area contributed by atoms with Crippen molar-refractivity contribution in [2.24, 2.45) is 18.9 Å². The maximum Gasteiger partial charge on any atom is 0.259 e. The Morgan fingerprint density at radius 3 is 2.74 bits per heavy atom. The molecule has 3 heterocycles. The predicted molar refractivity (Wildman–Crippen MR) is 148 cm³/mol. The summed E-state index contributed by atoms with van der Waals surface area (Å²) in [6.07, 6.45) is 13.0. The van der Waals surface area contributed by atoms with Gasteiger partial charge in [-0.3, -0.25) is 4.79 Å². The number of nitrogens with zero attached hydrogens (tertiary/aromatic N) is 5.